The molecule has 0 bridgehead atoms. The fraction of sp³-hybridized carbons (Fsp3) is 0.538. The molecule has 1 aromatic heterocycles. The van der Waals surface area contributed by atoms with E-state index in [-0.39, 0.29) is 35.3 Å². The SMILES string of the molecule is COC(=O)C1CCC(NC(=O)c2ccc([N+](=O)[O-])[nH]2)CC1. The van der Waals surface area contributed by atoms with Gasteiger partial charge in [0.05, 0.1) is 13.0 Å². The minimum absolute atomic E-state index is 0.0271. The summed E-state index contributed by atoms with van der Waals surface area (Å²) in [6.45, 7) is 0. The number of esters is 1. The van der Waals surface area contributed by atoms with E-state index in [0.29, 0.717) is 25.7 Å². The second kappa shape index (κ2) is 6.38. The lowest BCUT2D eigenvalue weighted by Gasteiger charge is -2.27. The molecule has 1 heterocycles. The maximum absolute atomic E-state index is 12.0. The number of carbonyl (C=O) groups is 2. The number of aromatic amines is 1. The van der Waals surface area contributed by atoms with Gasteiger partial charge in [-0.05, 0) is 36.7 Å². The number of H-pyrrole nitrogens is 1. The van der Waals surface area contributed by atoms with Crippen molar-refractivity contribution in [2.24, 2.45) is 5.92 Å². The second-order valence-electron chi connectivity index (χ2n) is 5.06. The van der Waals surface area contributed by atoms with E-state index in [1.54, 1.807) is 0 Å². The molecule has 21 heavy (non-hydrogen) atoms. The average molecular weight is 295 g/mol. The van der Waals surface area contributed by atoms with E-state index in [2.05, 4.69) is 10.3 Å². The lowest BCUT2D eigenvalue weighted by Crippen LogP contribution is -2.39. The summed E-state index contributed by atoms with van der Waals surface area (Å²) in [5.41, 5.74) is 0.164. The molecule has 0 aromatic carbocycles. The minimum Gasteiger partial charge on any atom is -0.469 e. The Morgan fingerprint density at radius 1 is 1.33 bits per heavy atom. The third-order valence-electron chi connectivity index (χ3n) is 3.71. The molecule has 0 unspecified atom stereocenters. The number of nitrogens with one attached hydrogen (secondary N) is 2. The number of carbonyl (C=O) groups excluding carboxylic acids is 2. The first-order valence-electron chi connectivity index (χ1n) is 6.73. The number of amides is 1. The molecule has 1 aliphatic carbocycles. The van der Waals surface area contributed by atoms with Gasteiger partial charge in [0.2, 0.25) is 0 Å². The highest BCUT2D eigenvalue weighted by atomic mass is 16.6. The van der Waals surface area contributed by atoms with Gasteiger partial charge in [-0.1, -0.05) is 0 Å². The van der Waals surface area contributed by atoms with E-state index in [1.807, 2.05) is 0 Å². The third kappa shape index (κ3) is 3.59. The molecule has 1 aromatic rings. The van der Waals surface area contributed by atoms with Crippen molar-refractivity contribution in [2.75, 3.05) is 7.11 Å². The molecule has 0 saturated heterocycles. The number of hydrogen-bond donors (Lipinski definition) is 2. The number of nitrogens with zero attached hydrogens (tertiary/aromatic N) is 1. The highest BCUT2D eigenvalue weighted by molar-refractivity contribution is 5.93. The monoisotopic (exact) mass is 295 g/mol. The van der Waals surface area contributed by atoms with Crippen molar-refractivity contribution in [3.05, 3.63) is 27.9 Å². The van der Waals surface area contributed by atoms with Gasteiger partial charge in [0.25, 0.3) is 5.91 Å². The van der Waals surface area contributed by atoms with Gasteiger partial charge in [-0.15, -0.1) is 0 Å². The van der Waals surface area contributed by atoms with Crippen LogP contribution < -0.4 is 5.32 Å². The normalized spacial score (nSPS) is 21.6. The van der Waals surface area contributed by atoms with E-state index in [9.17, 15) is 19.7 Å². The van der Waals surface area contributed by atoms with Crippen LogP contribution in [0.15, 0.2) is 12.1 Å². The smallest absolute Gasteiger partial charge is 0.321 e. The van der Waals surface area contributed by atoms with Gasteiger partial charge < -0.3 is 20.2 Å². The predicted octanol–water partition coefficient (Wildman–Crippen LogP) is 1.38. The molecule has 2 rings (SSSR count). The Labute approximate surface area is 121 Å². The summed E-state index contributed by atoms with van der Waals surface area (Å²) in [4.78, 5) is 35.8. The Morgan fingerprint density at radius 3 is 2.52 bits per heavy atom. The van der Waals surface area contributed by atoms with Gasteiger partial charge in [0.1, 0.15) is 0 Å². The van der Waals surface area contributed by atoms with Crippen LogP contribution in [0.5, 0.6) is 0 Å². The van der Waals surface area contributed by atoms with E-state index < -0.39 is 4.92 Å². The van der Waals surface area contributed by atoms with Gasteiger partial charge >= 0.3 is 11.8 Å². The highest BCUT2D eigenvalue weighted by Gasteiger charge is 2.28. The first kappa shape index (κ1) is 15.0. The summed E-state index contributed by atoms with van der Waals surface area (Å²) >= 11 is 0. The van der Waals surface area contributed by atoms with Gasteiger partial charge in [0.15, 0.2) is 5.69 Å². The van der Waals surface area contributed by atoms with Crippen molar-refractivity contribution in [1.82, 2.24) is 10.3 Å². The molecule has 0 atom stereocenters. The van der Waals surface area contributed by atoms with Crippen LogP contribution in [0.4, 0.5) is 5.82 Å². The molecule has 1 fully saturated rings. The van der Waals surface area contributed by atoms with Crippen LogP contribution in [0.3, 0.4) is 0 Å². The maximum Gasteiger partial charge on any atom is 0.321 e. The first-order chi connectivity index (χ1) is 10.0. The second-order valence-corrected chi connectivity index (χ2v) is 5.06. The Morgan fingerprint density at radius 2 is 2.00 bits per heavy atom. The molecule has 1 saturated carbocycles. The van der Waals surface area contributed by atoms with Crippen molar-refractivity contribution in [3.63, 3.8) is 0 Å². The van der Waals surface area contributed by atoms with Crippen LogP contribution in [0.2, 0.25) is 0 Å². The largest absolute Gasteiger partial charge is 0.469 e. The van der Waals surface area contributed by atoms with Gasteiger partial charge in [-0.25, -0.2) is 4.98 Å². The molecule has 1 aliphatic rings. The first-order valence-corrected chi connectivity index (χ1v) is 6.73. The van der Waals surface area contributed by atoms with E-state index >= 15 is 0 Å². The third-order valence-corrected chi connectivity index (χ3v) is 3.71. The van der Waals surface area contributed by atoms with Gasteiger partial charge in [-0.2, -0.15) is 0 Å². The zero-order valence-corrected chi connectivity index (χ0v) is 11.6. The highest BCUT2D eigenvalue weighted by Crippen LogP contribution is 2.25. The molecular weight excluding hydrogens is 278 g/mol. The van der Waals surface area contributed by atoms with Gasteiger partial charge in [0, 0.05) is 12.1 Å². The zero-order valence-electron chi connectivity index (χ0n) is 11.6. The standard InChI is InChI=1S/C13H17N3O5/c1-21-13(18)8-2-4-9(5-3-8)14-12(17)10-6-7-11(15-10)16(19)20/h6-9,15H,2-5H2,1H3,(H,14,17). The fourth-order valence-electron chi connectivity index (χ4n) is 2.53. The molecule has 0 spiro atoms. The van der Waals surface area contributed by atoms with E-state index in [4.69, 9.17) is 4.74 Å². The summed E-state index contributed by atoms with van der Waals surface area (Å²) in [6, 6.07) is 2.61. The quantitative estimate of drug-likeness (QED) is 0.495. The molecule has 114 valence electrons. The van der Waals surface area contributed by atoms with E-state index in [0.717, 1.165) is 0 Å². The Balaban J connectivity index is 1.86. The van der Waals surface area contributed by atoms with Crippen molar-refractivity contribution >= 4 is 17.7 Å². The minimum atomic E-state index is -0.585. The molecule has 8 nitrogen and oxygen atoms in total. The summed E-state index contributed by atoms with van der Waals surface area (Å²) < 4.78 is 4.71. The van der Waals surface area contributed by atoms with Crippen molar-refractivity contribution in [1.29, 1.82) is 0 Å². The molecule has 2 N–H and O–H groups in total. The van der Waals surface area contributed by atoms with Crippen LogP contribution >= 0.6 is 0 Å². The predicted molar refractivity (Wildman–Crippen MR) is 72.7 cm³/mol. The molecule has 8 heteroatoms. The van der Waals surface area contributed by atoms with Crippen molar-refractivity contribution in [2.45, 2.75) is 31.7 Å². The summed E-state index contributed by atoms with van der Waals surface area (Å²) in [6.07, 6.45) is 2.72. The van der Waals surface area contributed by atoms with Crippen LogP contribution in [0, 0.1) is 16.0 Å². The van der Waals surface area contributed by atoms with Crippen molar-refractivity contribution < 1.29 is 19.2 Å². The lowest BCUT2D eigenvalue weighted by atomic mass is 9.86. The number of rotatable bonds is 4. The number of hydrogen-bond acceptors (Lipinski definition) is 5. The summed E-state index contributed by atoms with van der Waals surface area (Å²) in [5, 5.41) is 13.4. The molecular formula is C13H17N3O5. The summed E-state index contributed by atoms with van der Waals surface area (Å²) in [5.74, 6) is -0.895. The molecule has 0 radical (unpaired) electrons. The Kier molecular flexibility index (Phi) is 4.56. The topological polar surface area (TPSA) is 114 Å². The number of nitro groups is 1. The fourth-order valence-corrected chi connectivity index (χ4v) is 2.53. The number of methoxy groups -OCH3 is 1. The maximum atomic E-state index is 12.0. The average Bonchev–Trinajstić information content (AvgIpc) is 2.97. The molecule has 1 amide bonds. The van der Waals surface area contributed by atoms with Crippen LogP contribution in [0.25, 0.3) is 0 Å². The Hall–Kier alpha value is -2.38. The van der Waals surface area contributed by atoms with E-state index in [1.165, 1.54) is 19.2 Å². The van der Waals surface area contributed by atoms with Crippen LogP contribution in [0.1, 0.15) is 36.2 Å². The number of ether oxygens (including phenoxy) is 1. The van der Waals surface area contributed by atoms with Gasteiger partial charge in [-0.3, -0.25) is 9.59 Å². The molecule has 0 aliphatic heterocycles. The van der Waals surface area contributed by atoms with Crippen LogP contribution in [-0.4, -0.2) is 34.9 Å². The van der Waals surface area contributed by atoms with Crippen LogP contribution in [-0.2, 0) is 9.53 Å². The zero-order chi connectivity index (χ0) is 15.4. The summed E-state index contributed by atoms with van der Waals surface area (Å²) in [7, 11) is 1.37. The lowest BCUT2D eigenvalue weighted by molar-refractivity contribution is -0.389. The van der Waals surface area contributed by atoms with Crippen molar-refractivity contribution in [3.8, 4) is 0 Å². The number of aromatic nitrogens is 1. The Bertz CT molecular complexity index is 546.